The zero-order valence-corrected chi connectivity index (χ0v) is 14.5. The van der Waals surface area contributed by atoms with Crippen molar-refractivity contribution in [3.05, 3.63) is 47.9 Å². The van der Waals surface area contributed by atoms with Gasteiger partial charge in [-0.15, -0.1) is 5.10 Å². The molecule has 1 aromatic heterocycles. The number of amides is 1. The van der Waals surface area contributed by atoms with Crippen molar-refractivity contribution in [3.63, 3.8) is 0 Å². The molecule has 2 N–H and O–H groups in total. The Morgan fingerprint density at radius 3 is 2.73 bits per heavy atom. The van der Waals surface area contributed by atoms with E-state index in [9.17, 15) is 9.18 Å². The minimum atomic E-state index is -0.362. The molecule has 3 heterocycles. The first-order valence-corrected chi connectivity index (χ1v) is 9.04. The van der Waals surface area contributed by atoms with Gasteiger partial charge in [-0.05, 0) is 61.7 Å². The maximum Gasteiger partial charge on any atom is 0.231 e. The van der Waals surface area contributed by atoms with Gasteiger partial charge in [-0.2, -0.15) is 5.10 Å². The van der Waals surface area contributed by atoms with Gasteiger partial charge in [-0.25, -0.2) is 4.39 Å². The van der Waals surface area contributed by atoms with Crippen LogP contribution in [0.1, 0.15) is 24.3 Å². The summed E-state index contributed by atoms with van der Waals surface area (Å²) in [5, 5.41) is 13.9. The Labute approximate surface area is 151 Å². The fourth-order valence-electron chi connectivity index (χ4n) is 3.57. The lowest BCUT2D eigenvalue weighted by atomic mass is 9.90. The molecule has 4 rings (SSSR count). The van der Waals surface area contributed by atoms with Gasteiger partial charge in [0.15, 0.2) is 5.82 Å². The Bertz CT molecular complexity index is 773. The first-order chi connectivity index (χ1) is 12.7. The van der Waals surface area contributed by atoms with Crippen LogP contribution in [-0.4, -0.2) is 42.3 Å². The van der Waals surface area contributed by atoms with E-state index in [1.54, 1.807) is 18.3 Å². The van der Waals surface area contributed by atoms with E-state index in [1.165, 1.54) is 0 Å². The molecule has 0 unspecified atom stereocenters. The number of aromatic nitrogens is 2. The molecular weight excluding hydrogens is 333 g/mol. The van der Waals surface area contributed by atoms with Gasteiger partial charge in [0.1, 0.15) is 5.82 Å². The molecule has 0 saturated carbocycles. The normalized spacial score (nSPS) is 18.4. The number of halogens is 1. The molecular formula is C19H22FN5O. The van der Waals surface area contributed by atoms with Gasteiger partial charge in [0.05, 0.1) is 11.6 Å². The maximum atomic E-state index is 14.4. The molecule has 2 aromatic rings. The van der Waals surface area contributed by atoms with Crippen LogP contribution in [0.4, 0.5) is 15.9 Å². The molecule has 2 saturated heterocycles. The zero-order chi connectivity index (χ0) is 17.9. The molecule has 1 aromatic carbocycles. The van der Waals surface area contributed by atoms with Crippen molar-refractivity contribution in [3.8, 4) is 0 Å². The number of hydrogen-bond donors (Lipinski definition) is 2. The maximum absolute atomic E-state index is 14.4. The van der Waals surface area contributed by atoms with Crippen LogP contribution in [0.2, 0.25) is 0 Å². The summed E-state index contributed by atoms with van der Waals surface area (Å²) in [6, 6.07) is 8.86. The lowest BCUT2D eigenvalue weighted by Gasteiger charge is -2.38. The predicted octanol–water partition coefficient (Wildman–Crippen LogP) is 2.16. The largest absolute Gasteiger partial charge is 0.353 e. The summed E-state index contributed by atoms with van der Waals surface area (Å²) in [4.78, 5) is 14.3. The number of rotatable bonds is 4. The quantitative estimate of drug-likeness (QED) is 0.880. The number of benzene rings is 1. The summed E-state index contributed by atoms with van der Waals surface area (Å²) in [6.07, 6.45) is 3.65. The molecule has 2 aliphatic heterocycles. The summed E-state index contributed by atoms with van der Waals surface area (Å²) in [5.41, 5.74) is 1.27. The first-order valence-electron chi connectivity index (χ1n) is 9.04. The third-order valence-corrected chi connectivity index (χ3v) is 5.20. The topological polar surface area (TPSA) is 70.2 Å². The van der Waals surface area contributed by atoms with Crippen molar-refractivity contribution in [2.75, 3.05) is 36.4 Å². The number of nitrogens with one attached hydrogen (secondary N) is 2. The van der Waals surface area contributed by atoms with Gasteiger partial charge in [-0.1, -0.05) is 6.07 Å². The lowest BCUT2D eigenvalue weighted by molar-refractivity contribution is -0.120. The van der Waals surface area contributed by atoms with E-state index in [-0.39, 0.29) is 23.3 Å². The monoisotopic (exact) mass is 355 g/mol. The summed E-state index contributed by atoms with van der Waals surface area (Å²) in [5.74, 6) is 0.468. The van der Waals surface area contributed by atoms with E-state index in [0.717, 1.165) is 37.3 Å². The third kappa shape index (κ3) is 3.53. The van der Waals surface area contributed by atoms with Crippen molar-refractivity contribution in [1.82, 2.24) is 15.5 Å². The van der Waals surface area contributed by atoms with Crippen molar-refractivity contribution in [1.29, 1.82) is 0 Å². The minimum Gasteiger partial charge on any atom is -0.353 e. The molecule has 1 amide bonds. The fraction of sp³-hybridized carbons (Fsp3) is 0.421. The van der Waals surface area contributed by atoms with Crippen LogP contribution in [0.25, 0.3) is 0 Å². The summed E-state index contributed by atoms with van der Waals surface area (Å²) < 4.78 is 14.4. The standard InChI is InChI=1S/C19H22FN5O/c20-16-10-14(13-5-8-21-9-6-13)3-4-17(16)23-19(26)15-11-25(12-15)18-2-1-7-22-24-18/h1-4,7,10,13,15,21H,5-6,8-9,11-12H2,(H,23,26). The van der Waals surface area contributed by atoms with Crippen molar-refractivity contribution in [2.45, 2.75) is 18.8 Å². The molecule has 0 bridgehead atoms. The van der Waals surface area contributed by atoms with E-state index >= 15 is 0 Å². The number of carbonyl (C=O) groups is 1. The van der Waals surface area contributed by atoms with Gasteiger partial charge in [-0.3, -0.25) is 4.79 Å². The number of carbonyl (C=O) groups excluding carboxylic acids is 1. The SMILES string of the molecule is O=C(Nc1ccc(C2CCNCC2)cc1F)C1CN(c2cccnn2)C1. The van der Waals surface area contributed by atoms with Gasteiger partial charge < -0.3 is 15.5 Å². The predicted molar refractivity (Wildman–Crippen MR) is 97.6 cm³/mol. The number of piperidine rings is 1. The molecule has 0 spiro atoms. The highest BCUT2D eigenvalue weighted by Crippen LogP contribution is 2.29. The average Bonchev–Trinajstić information content (AvgIpc) is 2.64. The molecule has 7 heteroatoms. The number of hydrogen-bond acceptors (Lipinski definition) is 5. The van der Waals surface area contributed by atoms with Crippen LogP contribution in [-0.2, 0) is 4.79 Å². The highest BCUT2D eigenvalue weighted by Gasteiger charge is 2.34. The summed E-state index contributed by atoms with van der Waals surface area (Å²) in [6.45, 7) is 3.07. The van der Waals surface area contributed by atoms with E-state index in [1.807, 2.05) is 23.1 Å². The Balaban J connectivity index is 1.35. The van der Waals surface area contributed by atoms with Crippen LogP contribution >= 0.6 is 0 Å². The molecule has 136 valence electrons. The second-order valence-corrected chi connectivity index (χ2v) is 6.94. The van der Waals surface area contributed by atoms with E-state index in [4.69, 9.17) is 0 Å². The van der Waals surface area contributed by atoms with Crippen LogP contribution in [0.3, 0.4) is 0 Å². The van der Waals surface area contributed by atoms with Gasteiger partial charge >= 0.3 is 0 Å². The van der Waals surface area contributed by atoms with E-state index in [2.05, 4.69) is 20.8 Å². The van der Waals surface area contributed by atoms with Gasteiger partial charge in [0.25, 0.3) is 0 Å². The smallest absolute Gasteiger partial charge is 0.231 e. The van der Waals surface area contributed by atoms with Gasteiger partial charge in [0.2, 0.25) is 5.91 Å². The highest BCUT2D eigenvalue weighted by molar-refractivity contribution is 5.94. The number of anilines is 2. The second-order valence-electron chi connectivity index (χ2n) is 6.94. The van der Waals surface area contributed by atoms with Crippen molar-refractivity contribution < 1.29 is 9.18 Å². The Kier molecular flexibility index (Phi) is 4.79. The summed E-state index contributed by atoms with van der Waals surface area (Å²) in [7, 11) is 0. The Hall–Kier alpha value is -2.54. The number of nitrogens with zero attached hydrogens (tertiary/aromatic N) is 3. The minimum absolute atomic E-state index is 0.154. The van der Waals surface area contributed by atoms with Crippen molar-refractivity contribution >= 4 is 17.4 Å². The molecule has 0 atom stereocenters. The van der Waals surface area contributed by atoms with Gasteiger partial charge in [0, 0.05) is 19.3 Å². The summed E-state index contributed by atoms with van der Waals surface area (Å²) >= 11 is 0. The Morgan fingerprint density at radius 1 is 1.23 bits per heavy atom. The fourth-order valence-corrected chi connectivity index (χ4v) is 3.57. The molecule has 6 nitrogen and oxygen atoms in total. The van der Waals surface area contributed by atoms with E-state index < -0.39 is 0 Å². The lowest BCUT2D eigenvalue weighted by Crippen LogP contribution is -2.52. The molecule has 0 aliphatic carbocycles. The molecule has 2 aliphatic rings. The Morgan fingerprint density at radius 2 is 2.04 bits per heavy atom. The third-order valence-electron chi connectivity index (χ3n) is 5.20. The van der Waals surface area contributed by atoms with Crippen LogP contribution in [0.5, 0.6) is 0 Å². The molecule has 2 fully saturated rings. The average molecular weight is 355 g/mol. The molecule has 0 radical (unpaired) electrons. The van der Waals surface area contributed by atoms with E-state index in [0.29, 0.717) is 19.0 Å². The van der Waals surface area contributed by atoms with Crippen LogP contribution in [0.15, 0.2) is 36.5 Å². The highest BCUT2D eigenvalue weighted by atomic mass is 19.1. The first kappa shape index (κ1) is 16.9. The zero-order valence-electron chi connectivity index (χ0n) is 14.5. The van der Waals surface area contributed by atoms with Crippen molar-refractivity contribution in [2.24, 2.45) is 5.92 Å². The molecule has 26 heavy (non-hydrogen) atoms. The second kappa shape index (κ2) is 7.37. The van der Waals surface area contributed by atoms with Crippen LogP contribution in [0, 0.1) is 11.7 Å². The van der Waals surface area contributed by atoms with Crippen LogP contribution < -0.4 is 15.5 Å².